The predicted molar refractivity (Wildman–Crippen MR) is 116 cm³/mol. The van der Waals surface area contributed by atoms with Gasteiger partial charge in [-0.2, -0.15) is 5.26 Å². The van der Waals surface area contributed by atoms with Gasteiger partial charge in [-0.15, -0.1) is 16.9 Å². The maximum atomic E-state index is 13.2. The lowest BCUT2D eigenvalue weighted by Crippen LogP contribution is -2.80. The summed E-state index contributed by atoms with van der Waals surface area (Å²) in [5.41, 5.74) is -2.30. The number of amides is 2. The van der Waals surface area contributed by atoms with E-state index in [0.717, 1.165) is 42.5 Å². The molecule has 2 unspecified atom stereocenters. The Balaban J connectivity index is 2.07. The number of aromatic amines is 1. The van der Waals surface area contributed by atoms with Gasteiger partial charge in [0.15, 0.2) is 6.19 Å². The Morgan fingerprint density at radius 3 is 2.76 bits per heavy atom. The summed E-state index contributed by atoms with van der Waals surface area (Å²) in [6.07, 6.45) is 1.14. The Morgan fingerprint density at radius 1 is 1.56 bits per heavy atom. The Morgan fingerprint density at radius 2 is 2.26 bits per heavy atom. The van der Waals surface area contributed by atoms with Gasteiger partial charge >= 0.3 is 13.6 Å². The third-order valence-electron chi connectivity index (χ3n) is 4.99. The summed E-state index contributed by atoms with van der Waals surface area (Å²) in [4.78, 5) is 49.2. The van der Waals surface area contributed by atoms with E-state index in [-0.39, 0.29) is 23.1 Å². The normalized spacial score (nSPS) is 24.5. The van der Waals surface area contributed by atoms with E-state index in [0.29, 0.717) is 4.90 Å². The van der Waals surface area contributed by atoms with Crippen molar-refractivity contribution in [2.75, 3.05) is 25.6 Å². The molecule has 2 amide bonds. The van der Waals surface area contributed by atoms with Crippen LogP contribution in [-0.2, 0) is 28.2 Å². The molecule has 1 aromatic rings. The van der Waals surface area contributed by atoms with Gasteiger partial charge in [-0.1, -0.05) is 11.8 Å². The highest BCUT2D eigenvalue weighted by Crippen LogP contribution is 2.53. The fourth-order valence-corrected chi connectivity index (χ4v) is 8.11. The van der Waals surface area contributed by atoms with Crippen LogP contribution < -0.4 is 0 Å². The van der Waals surface area contributed by atoms with Gasteiger partial charge in [0.1, 0.15) is 11.1 Å². The van der Waals surface area contributed by atoms with Crippen LogP contribution in [0.5, 0.6) is 0 Å². The number of carboxylic acid groups (broad SMARTS) is 1. The largest absolute Gasteiger partial charge is 0.477 e. The monoisotopic (exact) mass is 533 g/mol. The van der Waals surface area contributed by atoms with Crippen molar-refractivity contribution in [1.29, 1.82) is 5.26 Å². The van der Waals surface area contributed by atoms with Crippen LogP contribution in [-0.4, -0.2) is 100 Å². The van der Waals surface area contributed by atoms with Gasteiger partial charge in [-0.25, -0.2) is 14.8 Å². The number of aliphatic carboxylic acids is 1. The van der Waals surface area contributed by atoms with Crippen LogP contribution in [0, 0.1) is 11.5 Å². The first kappa shape index (κ1) is 26.1. The number of nitrogens with one attached hydrogen (secondary N) is 1. The van der Waals surface area contributed by atoms with Crippen LogP contribution in [0.3, 0.4) is 0 Å². The first-order valence-corrected chi connectivity index (χ1v) is 13.3. The maximum Gasteiger partial charge on any atom is 0.352 e. The molecule has 4 atom stereocenters. The number of nitrogens with zero attached hydrogens (tertiary/aromatic N) is 6. The van der Waals surface area contributed by atoms with E-state index >= 15 is 0 Å². The second kappa shape index (κ2) is 10.0. The van der Waals surface area contributed by atoms with Crippen molar-refractivity contribution in [2.45, 2.75) is 35.4 Å². The van der Waals surface area contributed by atoms with Crippen LogP contribution in [0.1, 0.15) is 13.8 Å². The summed E-state index contributed by atoms with van der Waals surface area (Å²) in [5, 5.41) is 30.7. The molecule has 0 bridgehead atoms. The number of ether oxygens (including phenoxy) is 1. The van der Waals surface area contributed by atoms with Crippen molar-refractivity contribution in [3.05, 3.63) is 11.3 Å². The zero-order valence-corrected chi connectivity index (χ0v) is 20.6. The number of nitriles is 1. The predicted octanol–water partition coefficient (Wildman–Crippen LogP) is -0.192. The molecule has 3 heterocycles. The zero-order chi connectivity index (χ0) is 25.3. The molecule has 2 aliphatic rings. The van der Waals surface area contributed by atoms with Gasteiger partial charge < -0.3 is 19.3 Å². The Hall–Kier alpha value is -2.48. The van der Waals surface area contributed by atoms with Crippen LogP contribution in [0.15, 0.2) is 16.4 Å². The van der Waals surface area contributed by atoms with E-state index in [4.69, 9.17) is 9.26 Å². The van der Waals surface area contributed by atoms with E-state index in [2.05, 4.69) is 20.6 Å². The number of tetrazole rings is 1. The molecular formula is C16H20N7O8PS2. The quantitative estimate of drug-likeness (QED) is 0.0888. The minimum Gasteiger partial charge on any atom is -0.477 e. The number of hydrogen-bond donors (Lipinski definition) is 3. The SMILES string of the molecule is CCOP(=O)(O)CC(Sc1nnn[nH]1)C1=C(C(=O)O)N2C(=O)[C@@](OC)(N(C#N)C(C)=O)[C@@H]2SC1. The molecule has 15 nitrogen and oxygen atoms in total. The second-order valence-corrected chi connectivity index (χ2v) is 11.1. The Labute approximate surface area is 201 Å². The number of carbonyl (C=O) groups excluding carboxylic acids is 2. The molecule has 3 rings (SSSR count). The molecule has 0 saturated carbocycles. The highest BCUT2D eigenvalue weighted by Gasteiger charge is 2.70. The summed E-state index contributed by atoms with van der Waals surface area (Å²) in [6.45, 7) is 2.57. The van der Waals surface area contributed by atoms with Gasteiger partial charge in [-0.05, 0) is 22.9 Å². The van der Waals surface area contributed by atoms with Gasteiger partial charge in [0.2, 0.25) is 11.1 Å². The molecule has 184 valence electrons. The molecule has 18 heteroatoms. The molecule has 3 N–H and O–H groups in total. The fraction of sp³-hybridized carbons (Fsp3) is 0.562. The third-order valence-corrected chi connectivity index (χ3v) is 9.18. The number of H-pyrrole nitrogens is 1. The molecule has 0 aliphatic carbocycles. The fourth-order valence-electron chi connectivity index (χ4n) is 3.66. The van der Waals surface area contributed by atoms with E-state index in [1.807, 2.05) is 0 Å². The molecule has 34 heavy (non-hydrogen) atoms. The Bertz CT molecular complexity index is 1110. The first-order chi connectivity index (χ1) is 16.0. The number of fused-ring (bicyclic) bond motifs is 1. The lowest BCUT2D eigenvalue weighted by atomic mass is 9.96. The number of carbonyl (C=O) groups is 3. The summed E-state index contributed by atoms with van der Waals surface area (Å²) < 4.78 is 22.8. The second-order valence-electron chi connectivity index (χ2n) is 6.92. The van der Waals surface area contributed by atoms with Gasteiger partial charge in [0.25, 0.3) is 11.6 Å². The standard InChI is InChI=1S/C16H20N7O8PS2/c1-4-31-32(28,29)5-10(34-15-18-20-21-19-15)9-6-33-14-16(30-3,22(7-17)8(2)24)13(27)23(14)11(9)12(25)26/h10,14H,4-6H2,1-3H3,(H,25,26)(H,28,29)(H,18,19,20,21)/t10?,14-,16-/m0/s1. The number of rotatable bonds is 10. The topological polar surface area (TPSA) is 212 Å². The number of β-lactam (4-membered cyclic amide) rings is 1. The van der Waals surface area contributed by atoms with Crippen molar-refractivity contribution < 1.29 is 38.2 Å². The highest BCUT2D eigenvalue weighted by molar-refractivity contribution is 8.01. The summed E-state index contributed by atoms with van der Waals surface area (Å²) >= 11 is 1.95. The molecule has 1 fully saturated rings. The van der Waals surface area contributed by atoms with Crippen LogP contribution in [0.2, 0.25) is 0 Å². The van der Waals surface area contributed by atoms with E-state index < -0.39 is 53.6 Å². The average molecular weight is 533 g/mol. The lowest BCUT2D eigenvalue weighted by Gasteiger charge is -2.57. The van der Waals surface area contributed by atoms with Crippen LogP contribution in [0.4, 0.5) is 0 Å². The number of methoxy groups -OCH3 is 1. The van der Waals surface area contributed by atoms with E-state index in [1.165, 1.54) is 6.92 Å². The lowest BCUT2D eigenvalue weighted by molar-refractivity contribution is -0.213. The minimum absolute atomic E-state index is 0.0241. The smallest absolute Gasteiger partial charge is 0.352 e. The molecule has 1 aromatic heterocycles. The van der Waals surface area contributed by atoms with E-state index in [1.54, 1.807) is 6.19 Å². The number of aromatic nitrogens is 4. The maximum absolute atomic E-state index is 13.2. The molecule has 0 radical (unpaired) electrons. The van der Waals surface area contributed by atoms with Gasteiger partial charge in [0, 0.05) is 25.0 Å². The Kier molecular flexibility index (Phi) is 7.70. The first-order valence-electron chi connectivity index (χ1n) is 9.58. The number of thioether (sulfide) groups is 2. The molecule has 0 spiro atoms. The summed E-state index contributed by atoms with van der Waals surface area (Å²) in [6, 6.07) is 0. The zero-order valence-electron chi connectivity index (χ0n) is 18.1. The van der Waals surface area contributed by atoms with Crippen molar-refractivity contribution in [3.63, 3.8) is 0 Å². The number of carboxylic acids is 1. The van der Waals surface area contributed by atoms with Crippen molar-refractivity contribution in [3.8, 4) is 6.19 Å². The summed E-state index contributed by atoms with van der Waals surface area (Å²) in [5.74, 6) is -3.19. The average Bonchev–Trinajstić information content (AvgIpc) is 3.28. The summed E-state index contributed by atoms with van der Waals surface area (Å²) in [7, 11) is -3.01. The van der Waals surface area contributed by atoms with Crippen molar-refractivity contribution in [1.82, 2.24) is 30.4 Å². The van der Waals surface area contributed by atoms with Gasteiger partial charge in [-0.3, -0.25) is 19.1 Å². The van der Waals surface area contributed by atoms with Crippen LogP contribution in [0.25, 0.3) is 0 Å². The molecular weight excluding hydrogens is 513 g/mol. The molecule has 0 aromatic carbocycles. The number of hydrogen-bond acceptors (Lipinski definition) is 12. The molecule has 1 saturated heterocycles. The highest BCUT2D eigenvalue weighted by atomic mass is 32.2. The third kappa shape index (κ3) is 4.44. The van der Waals surface area contributed by atoms with Crippen molar-refractivity contribution >= 4 is 48.9 Å². The van der Waals surface area contributed by atoms with Gasteiger partial charge in [0.05, 0.1) is 12.8 Å². The minimum atomic E-state index is -4.15. The van der Waals surface area contributed by atoms with E-state index in [9.17, 15) is 34.2 Å². The van der Waals surface area contributed by atoms with Crippen LogP contribution >= 0.6 is 31.1 Å². The van der Waals surface area contributed by atoms with Crippen molar-refractivity contribution in [2.24, 2.45) is 0 Å². The molecule has 2 aliphatic heterocycles.